The van der Waals surface area contributed by atoms with E-state index < -0.39 is 10.0 Å². The molecule has 2 fully saturated rings. The predicted molar refractivity (Wildman–Crippen MR) is 114 cm³/mol. The van der Waals surface area contributed by atoms with Crippen LogP contribution in [0.2, 0.25) is 0 Å². The number of carbonyl (C=O) groups is 2. The smallest absolute Gasteiger partial charge is 0.265 e. The lowest BCUT2D eigenvalue weighted by atomic mass is 10.2. The van der Waals surface area contributed by atoms with E-state index in [1.54, 1.807) is 31.2 Å². The lowest BCUT2D eigenvalue weighted by Gasteiger charge is -2.26. The first-order valence-electron chi connectivity index (χ1n) is 9.75. The molecule has 1 saturated carbocycles. The second-order valence-electron chi connectivity index (χ2n) is 7.38. The molecule has 2 amide bonds. The number of hydrogen-bond acceptors (Lipinski definition) is 6. The van der Waals surface area contributed by atoms with Crippen LogP contribution >= 0.6 is 11.3 Å². The average molecular weight is 450 g/mol. The summed E-state index contributed by atoms with van der Waals surface area (Å²) in [6.07, 6.45) is 1.82. The molecule has 0 atom stereocenters. The number of ether oxygens (including phenoxy) is 1. The van der Waals surface area contributed by atoms with E-state index in [0.717, 1.165) is 12.8 Å². The van der Waals surface area contributed by atoms with Gasteiger partial charge in [0.25, 0.3) is 5.91 Å². The van der Waals surface area contributed by atoms with Crippen LogP contribution in [0.15, 0.2) is 35.2 Å². The number of rotatable bonds is 6. The molecule has 1 saturated heterocycles. The number of amides is 2. The maximum atomic E-state index is 13.0. The molecule has 0 radical (unpaired) electrons. The van der Waals surface area contributed by atoms with Crippen molar-refractivity contribution in [1.29, 1.82) is 0 Å². The van der Waals surface area contributed by atoms with E-state index in [1.807, 2.05) is 0 Å². The minimum atomic E-state index is -3.67. The van der Waals surface area contributed by atoms with Gasteiger partial charge in [-0.05, 0) is 49.6 Å². The third-order valence-electron chi connectivity index (χ3n) is 5.06. The number of morpholine rings is 1. The fourth-order valence-electron chi connectivity index (χ4n) is 3.17. The Morgan fingerprint density at radius 1 is 1.10 bits per heavy atom. The van der Waals surface area contributed by atoms with Crippen molar-refractivity contribution in [1.82, 2.24) is 4.31 Å². The van der Waals surface area contributed by atoms with Crippen molar-refractivity contribution in [2.24, 2.45) is 5.92 Å². The van der Waals surface area contributed by atoms with Crippen LogP contribution in [0.4, 0.5) is 10.7 Å². The van der Waals surface area contributed by atoms with Gasteiger partial charge in [-0.25, -0.2) is 8.42 Å². The topological polar surface area (TPSA) is 105 Å². The molecule has 2 N–H and O–H groups in total. The highest BCUT2D eigenvalue weighted by Gasteiger charge is 2.30. The summed E-state index contributed by atoms with van der Waals surface area (Å²) in [7, 11) is -3.67. The van der Waals surface area contributed by atoms with E-state index in [0.29, 0.717) is 47.4 Å². The SMILES string of the molecule is Cc1ccc(NC(=O)c2ccc(NC(=O)C3CC3)s2)cc1S(=O)(=O)N1CCOCC1. The molecule has 30 heavy (non-hydrogen) atoms. The van der Waals surface area contributed by atoms with Crippen molar-refractivity contribution in [3.63, 3.8) is 0 Å². The van der Waals surface area contributed by atoms with Crippen LogP contribution in [-0.2, 0) is 19.6 Å². The Bertz CT molecular complexity index is 1070. The summed E-state index contributed by atoms with van der Waals surface area (Å²) in [4.78, 5) is 25.1. The quantitative estimate of drug-likeness (QED) is 0.706. The van der Waals surface area contributed by atoms with Gasteiger partial charge in [0.15, 0.2) is 0 Å². The van der Waals surface area contributed by atoms with Crippen LogP contribution < -0.4 is 10.6 Å². The van der Waals surface area contributed by atoms with E-state index in [2.05, 4.69) is 10.6 Å². The number of aryl methyl sites for hydroxylation is 1. The minimum Gasteiger partial charge on any atom is -0.379 e. The summed E-state index contributed by atoms with van der Waals surface area (Å²) in [5.41, 5.74) is 1.01. The normalized spacial score (nSPS) is 17.5. The molecule has 160 valence electrons. The van der Waals surface area contributed by atoms with Crippen molar-refractivity contribution in [2.45, 2.75) is 24.7 Å². The first kappa shape index (κ1) is 21.0. The summed E-state index contributed by atoms with van der Waals surface area (Å²) in [5.74, 6) is -0.283. The number of nitrogens with zero attached hydrogens (tertiary/aromatic N) is 1. The van der Waals surface area contributed by atoms with Gasteiger partial charge < -0.3 is 15.4 Å². The number of benzene rings is 1. The molecule has 4 rings (SSSR count). The van der Waals surface area contributed by atoms with Gasteiger partial charge in [0.1, 0.15) is 0 Å². The molecule has 1 aromatic carbocycles. The van der Waals surface area contributed by atoms with Crippen molar-refractivity contribution in [2.75, 3.05) is 36.9 Å². The number of sulfonamides is 1. The highest BCUT2D eigenvalue weighted by molar-refractivity contribution is 7.89. The molecule has 1 aliphatic heterocycles. The van der Waals surface area contributed by atoms with Crippen molar-refractivity contribution >= 4 is 43.9 Å². The van der Waals surface area contributed by atoms with Crippen LogP contribution in [0.3, 0.4) is 0 Å². The zero-order chi connectivity index (χ0) is 21.3. The Morgan fingerprint density at radius 3 is 2.53 bits per heavy atom. The third kappa shape index (κ3) is 4.56. The predicted octanol–water partition coefficient (Wildman–Crippen LogP) is 2.68. The summed E-state index contributed by atoms with van der Waals surface area (Å²) >= 11 is 1.19. The van der Waals surface area contributed by atoms with Crippen LogP contribution in [0.25, 0.3) is 0 Å². The van der Waals surface area contributed by atoms with Gasteiger partial charge in [-0.3, -0.25) is 9.59 Å². The van der Waals surface area contributed by atoms with E-state index in [-0.39, 0.29) is 22.6 Å². The fraction of sp³-hybridized carbons (Fsp3) is 0.400. The molecular formula is C20H23N3O5S2. The summed E-state index contributed by atoms with van der Waals surface area (Å²) in [6.45, 7) is 3.08. The zero-order valence-electron chi connectivity index (χ0n) is 16.5. The Hall–Kier alpha value is -2.27. The Morgan fingerprint density at radius 2 is 1.83 bits per heavy atom. The van der Waals surface area contributed by atoms with Crippen molar-refractivity contribution in [3.8, 4) is 0 Å². The van der Waals surface area contributed by atoms with Gasteiger partial charge in [0, 0.05) is 24.7 Å². The largest absolute Gasteiger partial charge is 0.379 e. The molecule has 10 heteroatoms. The minimum absolute atomic E-state index is 0.0136. The van der Waals surface area contributed by atoms with Gasteiger partial charge in [-0.2, -0.15) is 4.31 Å². The van der Waals surface area contributed by atoms with E-state index in [4.69, 9.17) is 4.74 Å². The van der Waals surface area contributed by atoms with Crippen molar-refractivity contribution in [3.05, 3.63) is 40.8 Å². The zero-order valence-corrected chi connectivity index (χ0v) is 18.1. The van der Waals surface area contributed by atoms with E-state index in [9.17, 15) is 18.0 Å². The fourth-order valence-corrected chi connectivity index (χ4v) is 5.63. The number of carbonyl (C=O) groups excluding carboxylic acids is 2. The molecule has 2 heterocycles. The Kier molecular flexibility index (Phi) is 5.92. The third-order valence-corrected chi connectivity index (χ3v) is 8.10. The highest BCUT2D eigenvalue weighted by atomic mass is 32.2. The molecule has 1 aliphatic carbocycles. The van der Waals surface area contributed by atoms with Gasteiger partial charge in [-0.15, -0.1) is 11.3 Å². The monoisotopic (exact) mass is 449 g/mol. The van der Waals surface area contributed by atoms with E-state index in [1.165, 1.54) is 21.7 Å². The lowest BCUT2D eigenvalue weighted by molar-refractivity contribution is -0.117. The number of thiophene rings is 1. The second-order valence-corrected chi connectivity index (χ2v) is 10.4. The summed E-state index contributed by atoms with van der Waals surface area (Å²) in [6, 6.07) is 8.18. The molecular weight excluding hydrogens is 426 g/mol. The first-order valence-corrected chi connectivity index (χ1v) is 12.0. The van der Waals surface area contributed by atoms with Crippen LogP contribution in [-0.4, -0.2) is 50.8 Å². The van der Waals surface area contributed by atoms with Gasteiger partial charge >= 0.3 is 0 Å². The molecule has 0 bridgehead atoms. The molecule has 0 unspecified atom stereocenters. The van der Waals surface area contributed by atoms with Crippen LogP contribution in [0.1, 0.15) is 28.1 Å². The average Bonchev–Trinajstić information content (AvgIpc) is 3.49. The molecule has 1 aromatic heterocycles. The maximum Gasteiger partial charge on any atom is 0.265 e. The highest BCUT2D eigenvalue weighted by Crippen LogP contribution is 2.32. The van der Waals surface area contributed by atoms with Gasteiger partial charge in [0.2, 0.25) is 15.9 Å². The summed E-state index contributed by atoms with van der Waals surface area (Å²) < 4.78 is 32.6. The molecule has 8 nitrogen and oxygen atoms in total. The van der Waals surface area contributed by atoms with Crippen LogP contribution in [0.5, 0.6) is 0 Å². The van der Waals surface area contributed by atoms with Gasteiger partial charge in [-0.1, -0.05) is 6.07 Å². The van der Waals surface area contributed by atoms with Crippen LogP contribution in [0, 0.1) is 12.8 Å². The van der Waals surface area contributed by atoms with Crippen molar-refractivity contribution < 1.29 is 22.7 Å². The first-order chi connectivity index (χ1) is 14.3. The lowest BCUT2D eigenvalue weighted by Crippen LogP contribution is -2.40. The van der Waals surface area contributed by atoms with E-state index >= 15 is 0 Å². The number of anilines is 2. The standard InChI is InChI=1S/C20H23N3O5S2/c1-13-2-5-15(12-17(13)30(26,27)23-8-10-28-11-9-23)21-20(25)16-6-7-18(29-16)22-19(24)14-3-4-14/h2,5-7,12,14H,3-4,8-11H2,1H3,(H,21,25)(H,22,24). The second kappa shape index (κ2) is 8.46. The number of hydrogen-bond donors (Lipinski definition) is 2. The molecule has 2 aromatic rings. The van der Waals surface area contributed by atoms with Gasteiger partial charge in [0.05, 0.1) is 28.0 Å². The Labute approximate surface area is 179 Å². The molecule has 2 aliphatic rings. The maximum absolute atomic E-state index is 13.0. The molecule has 0 spiro atoms. The Balaban J connectivity index is 1.48. The summed E-state index contributed by atoms with van der Waals surface area (Å²) in [5, 5.41) is 6.20. The number of nitrogens with one attached hydrogen (secondary N) is 2.